The molecule has 0 amide bonds. The molecular formula is C17H16NO3. The number of nitro groups is 1. The molecule has 1 saturated heterocycles. The maximum absolute atomic E-state index is 10.7. The Kier molecular flexibility index (Phi) is 3.97. The lowest BCUT2D eigenvalue weighted by molar-refractivity contribution is -0.384. The van der Waals surface area contributed by atoms with E-state index in [4.69, 9.17) is 4.74 Å². The zero-order chi connectivity index (χ0) is 14.7. The predicted octanol–water partition coefficient (Wildman–Crippen LogP) is 4.39. The maximum atomic E-state index is 10.7. The lowest BCUT2D eigenvalue weighted by Crippen LogP contribution is -2.16. The summed E-state index contributed by atoms with van der Waals surface area (Å²) in [6.45, 7) is 0. The largest absolute Gasteiger partial charge is 0.365 e. The van der Waals surface area contributed by atoms with Gasteiger partial charge in [-0.25, -0.2) is 0 Å². The van der Waals surface area contributed by atoms with Crippen LogP contribution in [-0.4, -0.2) is 4.92 Å². The van der Waals surface area contributed by atoms with Gasteiger partial charge in [0, 0.05) is 12.1 Å². The molecule has 0 aromatic heterocycles. The first-order valence-electron chi connectivity index (χ1n) is 7.02. The number of rotatable bonds is 3. The second kappa shape index (κ2) is 6.06. The number of nitrogens with zero attached hydrogens (tertiary/aromatic N) is 1. The molecule has 107 valence electrons. The molecule has 0 aliphatic carbocycles. The van der Waals surface area contributed by atoms with Crippen molar-refractivity contribution in [3.8, 4) is 0 Å². The van der Waals surface area contributed by atoms with Crippen LogP contribution in [0.3, 0.4) is 0 Å². The van der Waals surface area contributed by atoms with Gasteiger partial charge in [-0.3, -0.25) is 10.1 Å². The maximum Gasteiger partial charge on any atom is 0.269 e. The topological polar surface area (TPSA) is 52.4 Å². The average molecular weight is 282 g/mol. The molecule has 1 aliphatic heterocycles. The highest BCUT2D eigenvalue weighted by Gasteiger charge is 2.25. The first-order valence-corrected chi connectivity index (χ1v) is 7.02. The third-order valence-corrected chi connectivity index (χ3v) is 3.72. The molecule has 1 radical (unpaired) electrons. The van der Waals surface area contributed by atoms with Crippen molar-refractivity contribution in [1.82, 2.24) is 0 Å². The van der Waals surface area contributed by atoms with Gasteiger partial charge in [0.1, 0.15) is 0 Å². The number of non-ortho nitro benzene ring substituents is 1. The third kappa shape index (κ3) is 3.11. The van der Waals surface area contributed by atoms with Gasteiger partial charge >= 0.3 is 0 Å². The number of nitro benzene ring substituents is 1. The fourth-order valence-corrected chi connectivity index (χ4v) is 2.61. The molecule has 0 saturated carbocycles. The monoisotopic (exact) mass is 282 g/mol. The first-order chi connectivity index (χ1) is 10.2. The van der Waals surface area contributed by atoms with Crippen LogP contribution in [0, 0.1) is 16.5 Å². The molecule has 0 unspecified atom stereocenters. The minimum Gasteiger partial charge on any atom is -0.365 e. The molecule has 2 aromatic rings. The average Bonchev–Trinajstić information content (AvgIpc) is 2.56. The Morgan fingerprint density at radius 3 is 2.38 bits per heavy atom. The Hall–Kier alpha value is -2.20. The van der Waals surface area contributed by atoms with Crippen molar-refractivity contribution >= 4 is 5.69 Å². The van der Waals surface area contributed by atoms with Crippen LogP contribution < -0.4 is 0 Å². The smallest absolute Gasteiger partial charge is 0.269 e. The standard InChI is InChI=1S/C17H16NO3/c19-18(20)15-11-9-14(10-12-15)17-8-4-7-16(21-17)13-5-2-1-3-6-13/h1-3,5-6,8-12,16-17H,4,7H2/t16-,17+/m0/s1. The van der Waals surface area contributed by atoms with E-state index in [1.807, 2.05) is 18.2 Å². The summed E-state index contributed by atoms with van der Waals surface area (Å²) in [5.41, 5.74) is 2.24. The van der Waals surface area contributed by atoms with Gasteiger partial charge in [0.25, 0.3) is 5.69 Å². The first kappa shape index (κ1) is 13.8. The predicted molar refractivity (Wildman–Crippen MR) is 79.6 cm³/mol. The lowest BCUT2D eigenvalue weighted by atomic mass is 9.95. The van der Waals surface area contributed by atoms with Crippen LogP contribution in [0.15, 0.2) is 54.6 Å². The number of benzene rings is 2. The Bertz CT molecular complexity index is 610. The zero-order valence-corrected chi connectivity index (χ0v) is 11.5. The Labute approximate surface area is 123 Å². The molecule has 4 heteroatoms. The molecule has 1 heterocycles. The molecule has 2 aromatic carbocycles. The Balaban J connectivity index is 1.75. The number of hydrogen-bond acceptors (Lipinski definition) is 3. The van der Waals surface area contributed by atoms with Gasteiger partial charge in [-0.2, -0.15) is 0 Å². The van der Waals surface area contributed by atoms with E-state index < -0.39 is 0 Å². The van der Waals surface area contributed by atoms with Crippen LogP contribution in [0.4, 0.5) is 5.69 Å². The van der Waals surface area contributed by atoms with Gasteiger partial charge < -0.3 is 4.74 Å². The minimum atomic E-state index is -0.387. The van der Waals surface area contributed by atoms with E-state index in [9.17, 15) is 10.1 Å². The molecule has 1 aliphatic rings. The van der Waals surface area contributed by atoms with E-state index in [1.54, 1.807) is 12.1 Å². The summed E-state index contributed by atoms with van der Waals surface area (Å²) in [5.74, 6) is 0. The summed E-state index contributed by atoms with van der Waals surface area (Å²) in [5, 5.41) is 10.7. The second-order valence-corrected chi connectivity index (χ2v) is 5.12. The molecule has 21 heavy (non-hydrogen) atoms. The van der Waals surface area contributed by atoms with Gasteiger partial charge in [0.2, 0.25) is 0 Å². The molecule has 0 N–H and O–H groups in total. The van der Waals surface area contributed by atoms with Crippen molar-refractivity contribution in [2.75, 3.05) is 0 Å². The highest BCUT2D eigenvalue weighted by atomic mass is 16.6. The van der Waals surface area contributed by atoms with Gasteiger partial charge in [-0.05, 0) is 42.5 Å². The summed E-state index contributed by atoms with van der Waals surface area (Å²) >= 11 is 0. The fraction of sp³-hybridized carbons (Fsp3) is 0.235. The van der Waals surface area contributed by atoms with E-state index in [1.165, 1.54) is 17.7 Å². The van der Waals surface area contributed by atoms with Crippen LogP contribution >= 0.6 is 0 Å². The van der Waals surface area contributed by atoms with E-state index in [0.717, 1.165) is 18.4 Å². The highest BCUT2D eigenvalue weighted by Crippen LogP contribution is 2.38. The van der Waals surface area contributed by atoms with Crippen molar-refractivity contribution in [3.63, 3.8) is 0 Å². The summed E-state index contributed by atoms with van der Waals surface area (Å²) in [6, 6.07) is 16.8. The van der Waals surface area contributed by atoms with E-state index in [0.29, 0.717) is 0 Å². The van der Waals surface area contributed by atoms with Crippen LogP contribution in [-0.2, 0) is 4.74 Å². The molecule has 2 atom stereocenters. The van der Waals surface area contributed by atoms with Crippen molar-refractivity contribution in [3.05, 3.63) is 82.3 Å². The Morgan fingerprint density at radius 2 is 1.71 bits per heavy atom. The summed E-state index contributed by atoms with van der Waals surface area (Å²) in [6.07, 6.45) is 4.04. The zero-order valence-electron chi connectivity index (χ0n) is 11.5. The fourth-order valence-electron chi connectivity index (χ4n) is 2.61. The highest BCUT2D eigenvalue weighted by molar-refractivity contribution is 5.35. The summed E-state index contributed by atoms with van der Waals surface area (Å²) < 4.78 is 6.13. The quantitative estimate of drug-likeness (QED) is 0.619. The summed E-state index contributed by atoms with van der Waals surface area (Å²) in [7, 11) is 0. The number of ether oxygens (including phenoxy) is 1. The lowest BCUT2D eigenvalue weighted by Gasteiger charge is -2.30. The molecule has 0 spiro atoms. The van der Waals surface area contributed by atoms with Crippen LogP contribution in [0.25, 0.3) is 0 Å². The van der Waals surface area contributed by atoms with Crippen molar-refractivity contribution in [1.29, 1.82) is 0 Å². The molecule has 0 bridgehead atoms. The Morgan fingerprint density at radius 1 is 1.00 bits per heavy atom. The number of hydrogen-bond donors (Lipinski definition) is 0. The van der Waals surface area contributed by atoms with E-state index in [2.05, 4.69) is 18.6 Å². The molecule has 1 fully saturated rings. The van der Waals surface area contributed by atoms with Crippen LogP contribution in [0.5, 0.6) is 0 Å². The van der Waals surface area contributed by atoms with Crippen LogP contribution in [0.2, 0.25) is 0 Å². The molecular weight excluding hydrogens is 266 g/mol. The third-order valence-electron chi connectivity index (χ3n) is 3.72. The van der Waals surface area contributed by atoms with Gasteiger partial charge in [0.15, 0.2) is 0 Å². The SMILES string of the molecule is O=[N+]([O-])c1ccc([C@H]2[CH]CC[C@@H](c3ccccc3)O2)cc1. The van der Waals surface area contributed by atoms with Gasteiger partial charge in [-0.15, -0.1) is 0 Å². The normalized spacial score (nSPS) is 21.9. The van der Waals surface area contributed by atoms with Gasteiger partial charge in [0.05, 0.1) is 17.1 Å². The van der Waals surface area contributed by atoms with E-state index >= 15 is 0 Å². The van der Waals surface area contributed by atoms with Crippen molar-refractivity contribution in [2.45, 2.75) is 25.0 Å². The van der Waals surface area contributed by atoms with Gasteiger partial charge in [-0.1, -0.05) is 30.3 Å². The summed E-state index contributed by atoms with van der Waals surface area (Å²) in [4.78, 5) is 10.3. The second-order valence-electron chi connectivity index (χ2n) is 5.12. The minimum absolute atomic E-state index is 0.0800. The van der Waals surface area contributed by atoms with E-state index in [-0.39, 0.29) is 22.8 Å². The van der Waals surface area contributed by atoms with Crippen molar-refractivity contribution < 1.29 is 9.66 Å². The molecule has 4 nitrogen and oxygen atoms in total. The molecule has 3 rings (SSSR count). The van der Waals surface area contributed by atoms with Crippen molar-refractivity contribution in [2.24, 2.45) is 0 Å². The van der Waals surface area contributed by atoms with Crippen LogP contribution in [0.1, 0.15) is 36.2 Å².